The first-order valence-corrected chi connectivity index (χ1v) is 10.3. The van der Waals surface area contributed by atoms with Crippen LogP contribution in [0.2, 0.25) is 0 Å². The topological polar surface area (TPSA) is 45.7 Å². The molecule has 2 bridgehead atoms. The van der Waals surface area contributed by atoms with Gasteiger partial charge in [0.05, 0.1) is 13.2 Å². The van der Waals surface area contributed by atoms with E-state index in [9.17, 15) is 4.79 Å². The number of aryl methyl sites for hydroxylation is 1. The fourth-order valence-corrected chi connectivity index (χ4v) is 5.67. The van der Waals surface area contributed by atoms with Crippen molar-refractivity contribution in [2.75, 3.05) is 26.7 Å². The fourth-order valence-electron chi connectivity index (χ4n) is 5.67. The minimum Gasteiger partial charge on any atom is -0.497 e. The lowest BCUT2D eigenvalue weighted by Crippen LogP contribution is -2.60. The van der Waals surface area contributed by atoms with Gasteiger partial charge in [-0.2, -0.15) is 0 Å². The van der Waals surface area contributed by atoms with E-state index in [0.717, 1.165) is 30.9 Å². The average molecular weight is 377 g/mol. The minimum atomic E-state index is 0.0900. The Morgan fingerprint density at radius 1 is 1.14 bits per heavy atom. The lowest BCUT2D eigenvalue weighted by molar-refractivity contribution is -0.00361. The summed E-state index contributed by atoms with van der Waals surface area (Å²) in [4.78, 5) is 22.7. The molecule has 4 saturated heterocycles. The Bertz CT molecular complexity index is 891. The van der Waals surface area contributed by atoms with Crippen LogP contribution in [0.4, 0.5) is 0 Å². The van der Waals surface area contributed by atoms with E-state index < -0.39 is 0 Å². The van der Waals surface area contributed by atoms with Crippen LogP contribution in [-0.4, -0.2) is 59.5 Å². The fraction of sp³-hybridized carbons (Fsp3) is 0.478. The van der Waals surface area contributed by atoms with Crippen molar-refractivity contribution in [3.05, 3.63) is 59.4 Å². The number of methoxy groups -OCH3 is 1. The number of rotatable bonds is 3. The molecule has 146 valence electrons. The Morgan fingerprint density at radius 2 is 1.96 bits per heavy atom. The smallest absolute Gasteiger partial charge is 0.273 e. The van der Waals surface area contributed by atoms with Crippen molar-refractivity contribution in [1.29, 1.82) is 0 Å². The molecule has 1 aromatic heterocycles. The summed E-state index contributed by atoms with van der Waals surface area (Å²) in [6, 6.07) is 12.9. The van der Waals surface area contributed by atoms with Gasteiger partial charge in [0.25, 0.3) is 5.91 Å². The van der Waals surface area contributed by atoms with Gasteiger partial charge in [0, 0.05) is 24.7 Å². The van der Waals surface area contributed by atoms with Crippen LogP contribution in [0, 0.1) is 12.8 Å². The normalized spacial score (nSPS) is 30.9. The van der Waals surface area contributed by atoms with Crippen molar-refractivity contribution in [2.45, 2.75) is 37.8 Å². The van der Waals surface area contributed by atoms with Crippen LogP contribution in [0.25, 0.3) is 0 Å². The second-order valence-electron chi connectivity index (χ2n) is 8.36. The van der Waals surface area contributed by atoms with Gasteiger partial charge in [0.15, 0.2) is 0 Å². The zero-order chi connectivity index (χ0) is 19.3. The van der Waals surface area contributed by atoms with Crippen LogP contribution < -0.4 is 4.74 Å². The third-order valence-electron chi connectivity index (χ3n) is 6.99. The number of hydrogen-bond donors (Lipinski definition) is 0. The van der Waals surface area contributed by atoms with Crippen molar-refractivity contribution in [1.82, 2.24) is 14.8 Å². The summed E-state index contributed by atoms with van der Waals surface area (Å²) in [6.07, 6.45) is 4.11. The molecule has 5 heterocycles. The second kappa shape index (κ2) is 6.89. The highest BCUT2D eigenvalue weighted by Gasteiger charge is 2.54. The van der Waals surface area contributed by atoms with Crippen LogP contribution in [0.1, 0.15) is 40.4 Å². The van der Waals surface area contributed by atoms with Gasteiger partial charge in [-0.15, -0.1) is 0 Å². The third kappa shape index (κ3) is 2.72. The van der Waals surface area contributed by atoms with E-state index in [1.54, 1.807) is 13.3 Å². The van der Waals surface area contributed by atoms with Crippen molar-refractivity contribution >= 4 is 5.91 Å². The Hall–Kier alpha value is -2.40. The van der Waals surface area contributed by atoms with Crippen LogP contribution in [-0.2, 0) is 0 Å². The largest absolute Gasteiger partial charge is 0.497 e. The maximum absolute atomic E-state index is 13.5. The van der Waals surface area contributed by atoms with Crippen LogP contribution in [0.5, 0.6) is 5.75 Å². The Kier molecular flexibility index (Phi) is 4.35. The Balaban J connectivity index is 1.54. The summed E-state index contributed by atoms with van der Waals surface area (Å²) in [7, 11) is 1.71. The maximum Gasteiger partial charge on any atom is 0.273 e. The number of benzene rings is 1. The molecule has 0 aliphatic carbocycles. The zero-order valence-corrected chi connectivity index (χ0v) is 16.5. The maximum atomic E-state index is 13.5. The number of hydrogen-bond acceptors (Lipinski definition) is 4. The Morgan fingerprint density at radius 3 is 2.71 bits per heavy atom. The van der Waals surface area contributed by atoms with Gasteiger partial charge in [-0.25, -0.2) is 0 Å². The minimum absolute atomic E-state index is 0.0900. The lowest BCUT2D eigenvalue weighted by atomic mass is 9.75. The highest BCUT2D eigenvalue weighted by molar-refractivity contribution is 5.94. The molecule has 0 saturated carbocycles. The molecule has 1 aromatic carbocycles. The van der Waals surface area contributed by atoms with E-state index in [1.165, 1.54) is 18.4 Å². The Labute approximate surface area is 166 Å². The van der Waals surface area contributed by atoms with E-state index in [1.807, 2.05) is 25.1 Å². The predicted octanol–water partition coefficient (Wildman–Crippen LogP) is 3.10. The SMILES string of the molecule is COc1cccc([C@H]2CN(C(=O)c3ncccc3C)[C@H]3C4CCN(CC4)[C@@H]23)c1. The highest BCUT2D eigenvalue weighted by Crippen LogP contribution is 2.47. The number of carbonyl (C=O) groups is 1. The van der Waals surface area contributed by atoms with Gasteiger partial charge in [0.2, 0.25) is 0 Å². The first-order valence-electron chi connectivity index (χ1n) is 10.3. The molecule has 0 unspecified atom stereocenters. The van der Waals surface area contributed by atoms with Gasteiger partial charge < -0.3 is 9.64 Å². The number of pyridine rings is 1. The van der Waals surface area contributed by atoms with E-state index >= 15 is 0 Å². The summed E-state index contributed by atoms with van der Waals surface area (Å²) in [5.41, 5.74) is 2.83. The zero-order valence-electron chi connectivity index (χ0n) is 16.5. The molecule has 4 aliphatic rings. The molecule has 5 nitrogen and oxygen atoms in total. The number of carbonyl (C=O) groups excluding carboxylic acids is 1. The molecule has 1 amide bonds. The molecule has 5 heteroatoms. The van der Waals surface area contributed by atoms with Crippen molar-refractivity contribution in [3.63, 3.8) is 0 Å². The van der Waals surface area contributed by atoms with Gasteiger partial charge in [-0.05, 0) is 68.1 Å². The standard InChI is InChI=1S/C23H27N3O2/c1-15-5-4-10-24-20(15)23(27)26-14-19(17-6-3-7-18(13-17)28-2)22-21(26)16-8-11-25(22)12-9-16/h3-7,10,13,16,19,21-22H,8-9,11-12,14H2,1-2H3/t19-,21+,22+/m1/s1. The van der Waals surface area contributed by atoms with Gasteiger partial charge >= 0.3 is 0 Å². The van der Waals surface area contributed by atoms with Crippen LogP contribution >= 0.6 is 0 Å². The first-order chi connectivity index (χ1) is 13.7. The molecule has 0 radical (unpaired) electrons. The molecule has 2 aromatic rings. The predicted molar refractivity (Wildman–Crippen MR) is 108 cm³/mol. The van der Waals surface area contributed by atoms with Crippen LogP contribution in [0.15, 0.2) is 42.6 Å². The summed E-state index contributed by atoms with van der Waals surface area (Å²) in [6.45, 7) is 5.03. The monoisotopic (exact) mass is 377 g/mol. The molecule has 28 heavy (non-hydrogen) atoms. The third-order valence-corrected chi connectivity index (χ3v) is 6.99. The number of likely N-dealkylation sites (tertiary alicyclic amines) is 1. The molecule has 6 rings (SSSR count). The van der Waals surface area contributed by atoms with Crippen LogP contribution in [0.3, 0.4) is 0 Å². The number of amides is 1. The summed E-state index contributed by atoms with van der Waals surface area (Å²) >= 11 is 0. The van der Waals surface area contributed by atoms with E-state index in [2.05, 4.69) is 33.0 Å². The van der Waals surface area contributed by atoms with E-state index in [0.29, 0.717) is 23.6 Å². The molecule has 4 fully saturated rings. The van der Waals surface area contributed by atoms with Crippen molar-refractivity contribution in [2.24, 2.45) is 5.92 Å². The van der Waals surface area contributed by atoms with E-state index in [-0.39, 0.29) is 11.9 Å². The van der Waals surface area contributed by atoms with Gasteiger partial charge in [-0.3, -0.25) is 14.7 Å². The number of aromatic nitrogens is 1. The number of fused-ring (bicyclic) bond motifs is 2. The van der Waals surface area contributed by atoms with Crippen molar-refractivity contribution < 1.29 is 9.53 Å². The average Bonchev–Trinajstić information content (AvgIpc) is 3.17. The van der Waals surface area contributed by atoms with Gasteiger partial charge in [0.1, 0.15) is 11.4 Å². The summed E-state index contributed by atoms with van der Waals surface area (Å²) in [5, 5.41) is 0. The summed E-state index contributed by atoms with van der Waals surface area (Å²) in [5.74, 6) is 1.89. The second-order valence-corrected chi connectivity index (χ2v) is 8.36. The molecular formula is C23H27N3O2. The van der Waals surface area contributed by atoms with Gasteiger partial charge in [-0.1, -0.05) is 18.2 Å². The number of nitrogens with zero attached hydrogens (tertiary/aromatic N) is 3. The number of piperidine rings is 3. The molecule has 3 atom stereocenters. The molecule has 0 spiro atoms. The molecular weight excluding hydrogens is 350 g/mol. The number of ether oxygens (including phenoxy) is 1. The molecule has 4 aliphatic heterocycles. The summed E-state index contributed by atoms with van der Waals surface area (Å²) < 4.78 is 5.47. The lowest BCUT2D eigenvalue weighted by Gasteiger charge is -2.51. The highest BCUT2D eigenvalue weighted by atomic mass is 16.5. The molecule has 0 N–H and O–H groups in total. The van der Waals surface area contributed by atoms with Crippen molar-refractivity contribution in [3.8, 4) is 5.75 Å². The first kappa shape index (κ1) is 17.7. The quantitative estimate of drug-likeness (QED) is 0.825. The van der Waals surface area contributed by atoms with E-state index in [4.69, 9.17) is 4.74 Å².